The number of amides is 2. The summed E-state index contributed by atoms with van der Waals surface area (Å²) < 4.78 is 140. The largest absolute Gasteiger partial charge is 0.416 e. The van der Waals surface area contributed by atoms with Crippen molar-refractivity contribution >= 4 is 41.0 Å². The highest BCUT2D eigenvalue weighted by atomic mass is 32.2. The maximum Gasteiger partial charge on any atom is 0.416 e. The maximum atomic E-state index is 15.6. The molecule has 1 heterocycles. The second kappa shape index (κ2) is 11.8. The molecule has 3 rings (SSSR count). The Kier molecular flexibility index (Phi) is 9.32. The van der Waals surface area contributed by atoms with Crippen LogP contribution >= 0.6 is 23.5 Å². The van der Waals surface area contributed by atoms with Crippen molar-refractivity contribution in [2.24, 2.45) is 0 Å². The van der Waals surface area contributed by atoms with E-state index in [0.29, 0.717) is 11.8 Å². The highest BCUT2D eigenvalue weighted by Gasteiger charge is 2.54. The van der Waals surface area contributed by atoms with Gasteiger partial charge in [-0.2, -0.15) is 43.9 Å². The molecule has 0 aliphatic carbocycles. The van der Waals surface area contributed by atoms with Gasteiger partial charge in [-0.15, -0.1) is 23.5 Å². The number of benzene rings is 2. The lowest BCUT2D eigenvalue weighted by molar-refractivity contribution is -0.154. The van der Waals surface area contributed by atoms with Gasteiger partial charge < -0.3 is 0 Å². The van der Waals surface area contributed by atoms with Crippen LogP contribution in [0, 0.1) is 6.92 Å². The highest BCUT2D eigenvalue weighted by Crippen LogP contribution is 2.44. The van der Waals surface area contributed by atoms with Gasteiger partial charge in [0.1, 0.15) is 5.03 Å². The fourth-order valence-corrected chi connectivity index (χ4v) is 5.04. The lowest BCUT2D eigenvalue weighted by Crippen LogP contribution is -2.51. The molecule has 0 aliphatic heterocycles. The molecular formula is C26H18F10N2O2S2. The Hall–Kier alpha value is -3.27. The summed E-state index contributed by atoms with van der Waals surface area (Å²) in [7, 11) is 0. The van der Waals surface area contributed by atoms with Crippen molar-refractivity contribution in [3.05, 3.63) is 82.5 Å². The Morgan fingerprint density at radius 3 is 1.31 bits per heavy atom. The Bertz CT molecular complexity index is 1370. The summed E-state index contributed by atoms with van der Waals surface area (Å²) in [5.74, 6) is -14.7. The summed E-state index contributed by atoms with van der Waals surface area (Å²) in [6, 6.07) is 3.24. The van der Waals surface area contributed by atoms with Gasteiger partial charge in [-0.3, -0.25) is 9.59 Å². The topological polar surface area (TPSA) is 50.3 Å². The van der Waals surface area contributed by atoms with E-state index in [1.54, 1.807) is 0 Å². The lowest BCUT2D eigenvalue weighted by atomic mass is 10.0. The van der Waals surface area contributed by atoms with Crippen LogP contribution in [-0.4, -0.2) is 29.3 Å². The molecule has 4 nitrogen and oxygen atoms in total. The number of hydrogen-bond acceptors (Lipinski definition) is 5. The quantitative estimate of drug-likeness (QED) is 0.191. The van der Waals surface area contributed by atoms with E-state index < -0.39 is 68.9 Å². The molecule has 0 atom stereocenters. The zero-order valence-electron chi connectivity index (χ0n) is 21.5. The summed E-state index contributed by atoms with van der Waals surface area (Å²) in [4.78, 5) is 30.2. The van der Waals surface area contributed by atoms with Crippen LogP contribution in [0.25, 0.3) is 0 Å². The Labute approximate surface area is 240 Å². The summed E-state index contributed by atoms with van der Waals surface area (Å²) in [5, 5.41) is -0.299. The van der Waals surface area contributed by atoms with Crippen LogP contribution in [0.4, 0.5) is 49.6 Å². The number of carbonyl (C=O) groups is 2. The molecule has 0 radical (unpaired) electrons. The molecule has 0 N–H and O–H groups in total. The van der Waals surface area contributed by atoms with Crippen LogP contribution in [0.1, 0.15) is 27.9 Å². The van der Waals surface area contributed by atoms with Crippen LogP contribution < -0.4 is 4.90 Å². The lowest BCUT2D eigenvalue weighted by Gasteiger charge is -2.31. The first-order valence-electron chi connectivity index (χ1n) is 11.4. The molecule has 1 aromatic heterocycles. The molecular weight excluding hydrogens is 626 g/mol. The molecule has 0 fully saturated rings. The molecule has 0 unspecified atom stereocenters. The minimum atomic E-state index is -4.92. The number of aryl methyl sites for hydroxylation is 1. The molecule has 16 heteroatoms. The maximum absolute atomic E-state index is 15.6. The summed E-state index contributed by atoms with van der Waals surface area (Å²) >= 11 is 1.50. The van der Waals surface area contributed by atoms with Gasteiger partial charge in [-0.1, -0.05) is 24.3 Å². The van der Waals surface area contributed by atoms with Crippen LogP contribution in [0.5, 0.6) is 0 Å². The molecule has 226 valence electrons. The van der Waals surface area contributed by atoms with Gasteiger partial charge in [-0.05, 0) is 49.8 Å². The molecule has 0 bridgehead atoms. The van der Waals surface area contributed by atoms with Gasteiger partial charge in [-0.25, -0.2) is 9.88 Å². The predicted octanol–water partition coefficient (Wildman–Crippen LogP) is 8.32. The van der Waals surface area contributed by atoms with Gasteiger partial charge in [0.15, 0.2) is 0 Å². The molecule has 0 spiro atoms. The van der Waals surface area contributed by atoms with Crippen molar-refractivity contribution in [2.45, 2.75) is 41.0 Å². The zero-order valence-corrected chi connectivity index (χ0v) is 23.1. The SMILES string of the molecule is CSc1cc(C)nc(SC)c1N(C(=O)C(F)(F)c1ccc(C(F)(F)F)cc1)C(=O)C(F)(F)c1ccc(C(F)(F)F)cc1. The molecule has 42 heavy (non-hydrogen) atoms. The van der Waals surface area contributed by atoms with Crippen molar-refractivity contribution in [1.29, 1.82) is 0 Å². The number of aromatic nitrogens is 1. The first-order chi connectivity index (χ1) is 19.3. The third-order valence-corrected chi connectivity index (χ3v) is 7.21. The van der Waals surface area contributed by atoms with Gasteiger partial charge >= 0.3 is 36.0 Å². The number of nitrogens with zero attached hydrogens (tertiary/aromatic N) is 2. The number of imide groups is 1. The van der Waals surface area contributed by atoms with Crippen LogP contribution in [-0.2, 0) is 33.8 Å². The zero-order chi connectivity index (χ0) is 31.8. The number of alkyl halides is 10. The van der Waals surface area contributed by atoms with Gasteiger partial charge in [0.2, 0.25) is 0 Å². The number of thioether (sulfide) groups is 2. The fourth-order valence-electron chi connectivity index (χ4n) is 3.67. The van der Waals surface area contributed by atoms with Crippen molar-refractivity contribution in [3.8, 4) is 0 Å². The highest BCUT2D eigenvalue weighted by molar-refractivity contribution is 7.99. The third kappa shape index (κ3) is 6.53. The number of rotatable bonds is 7. The number of carbonyl (C=O) groups excluding carboxylic acids is 2. The van der Waals surface area contributed by atoms with Gasteiger partial charge in [0.25, 0.3) is 0 Å². The number of halogens is 10. The monoisotopic (exact) mass is 644 g/mol. The first-order valence-corrected chi connectivity index (χ1v) is 13.8. The van der Waals surface area contributed by atoms with Crippen molar-refractivity contribution < 1.29 is 53.5 Å². The minimum Gasteiger partial charge on any atom is -0.267 e. The van der Waals surface area contributed by atoms with E-state index in [1.807, 2.05) is 0 Å². The summed E-state index contributed by atoms with van der Waals surface area (Å²) in [6.07, 6.45) is -7.10. The Morgan fingerprint density at radius 2 is 1.00 bits per heavy atom. The van der Waals surface area contributed by atoms with E-state index in [9.17, 15) is 35.9 Å². The summed E-state index contributed by atoms with van der Waals surface area (Å²) in [6.45, 7) is 1.46. The molecule has 0 saturated heterocycles. The minimum absolute atomic E-state index is 0.111. The van der Waals surface area contributed by atoms with Crippen molar-refractivity contribution in [2.75, 3.05) is 17.4 Å². The van der Waals surface area contributed by atoms with Crippen molar-refractivity contribution in [1.82, 2.24) is 4.98 Å². The van der Waals surface area contributed by atoms with Crippen LogP contribution in [0.2, 0.25) is 0 Å². The van der Waals surface area contributed by atoms with Crippen molar-refractivity contribution in [3.63, 3.8) is 0 Å². The summed E-state index contributed by atoms with van der Waals surface area (Å²) in [5.41, 5.74) is -5.85. The van der Waals surface area contributed by atoms with Gasteiger partial charge in [0.05, 0.1) is 16.8 Å². The fraction of sp³-hybridized carbons (Fsp3) is 0.269. The predicted molar refractivity (Wildman–Crippen MR) is 136 cm³/mol. The molecule has 2 aromatic carbocycles. The van der Waals surface area contributed by atoms with E-state index >= 15 is 17.6 Å². The van der Waals surface area contributed by atoms with Crippen LogP contribution in [0.3, 0.4) is 0 Å². The van der Waals surface area contributed by atoms with Crippen LogP contribution in [0.15, 0.2) is 64.5 Å². The second-order valence-corrected chi connectivity index (χ2v) is 10.2. The Balaban J connectivity index is 2.23. The van der Waals surface area contributed by atoms with E-state index in [2.05, 4.69) is 4.98 Å². The molecule has 0 aliphatic rings. The Morgan fingerprint density at radius 1 is 0.643 bits per heavy atom. The molecule has 3 aromatic rings. The van der Waals surface area contributed by atoms with E-state index in [-0.39, 0.29) is 64.1 Å². The van der Waals surface area contributed by atoms with E-state index in [0.717, 1.165) is 11.8 Å². The second-order valence-electron chi connectivity index (χ2n) is 8.57. The molecule has 2 amide bonds. The van der Waals surface area contributed by atoms with E-state index in [4.69, 9.17) is 0 Å². The van der Waals surface area contributed by atoms with E-state index in [1.165, 1.54) is 25.5 Å². The smallest absolute Gasteiger partial charge is 0.267 e. The third-order valence-electron chi connectivity index (χ3n) is 5.78. The number of pyridine rings is 1. The number of anilines is 1. The number of hydrogen-bond donors (Lipinski definition) is 0. The standard InChI is InChI=1S/C26H18F10N2O2S2/c1-13-12-18(41-2)19(20(37-13)42-3)38(21(39)23(27,28)14-4-8-16(9-5-14)25(31,32)33)22(40)24(29,30)15-6-10-17(11-7-15)26(34,35)36/h4-12H,1-3H3. The first kappa shape index (κ1) is 33.2. The molecule has 0 saturated carbocycles. The average Bonchev–Trinajstić information content (AvgIpc) is 2.92. The normalized spacial score (nSPS) is 12.8. The average molecular weight is 645 g/mol. The van der Waals surface area contributed by atoms with Gasteiger partial charge in [0, 0.05) is 21.7 Å².